The molecule has 0 unspecified atom stereocenters. The molecule has 1 amide bonds. The highest BCUT2D eigenvalue weighted by molar-refractivity contribution is 7.99. The molecule has 10 nitrogen and oxygen atoms in total. The number of amides is 1. The molecule has 0 aliphatic heterocycles. The van der Waals surface area contributed by atoms with E-state index in [2.05, 4.69) is 20.3 Å². The summed E-state index contributed by atoms with van der Waals surface area (Å²) in [6.45, 7) is 1.02. The lowest BCUT2D eigenvalue weighted by Gasteiger charge is -2.07. The molecule has 2 aromatic rings. The lowest BCUT2D eigenvalue weighted by molar-refractivity contribution is -0.120. The van der Waals surface area contributed by atoms with E-state index in [-0.39, 0.29) is 30.5 Å². The number of hydrogen-bond donors (Lipinski definition) is 4. The van der Waals surface area contributed by atoms with Crippen molar-refractivity contribution in [1.82, 2.24) is 24.8 Å². The van der Waals surface area contributed by atoms with Crippen LogP contribution in [0.4, 0.5) is 5.95 Å². The van der Waals surface area contributed by atoms with Crippen molar-refractivity contribution in [2.24, 2.45) is 0 Å². The molecule has 0 aliphatic carbocycles. The molecule has 2 aromatic heterocycles. The second-order valence-corrected chi connectivity index (χ2v) is 5.90. The van der Waals surface area contributed by atoms with Crippen molar-refractivity contribution >= 4 is 34.8 Å². The van der Waals surface area contributed by atoms with Gasteiger partial charge in [-0.05, 0) is 0 Å². The number of fused-ring (bicyclic) bond motifs is 1. The molecular weight excluding hydrogens is 336 g/mol. The number of aromatic nitrogens is 4. The third kappa shape index (κ3) is 4.46. The van der Waals surface area contributed by atoms with Crippen LogP contribution in [0.15, 0.2) is 9.95 Å². The van der Waals surface area contributed by atoms with Crippen LogP contribution in [0.5, 0.6) is 0 Å². The fraction of sp³-hybridized carbons (Fsp3) is 0.538. The van der Waals surface area contributed by atoms with Crippen molar-refractivity contribution in [1.29, 1.82) is 0 Å². The number of methoxy groups -OCH3 is 1. The molecule has 132 valence electrons. The summed E-state index contributed by atoms with van der Waals surface area (Å²) in [6, 6.07) is 0. The summed E-state index contributed by atoms with van der Waals surface area (Å²) in [6.07, 6.45) is 0.294. The Morgan fingerprint density at radius 2 is 2.29 bits per heavy atom. The van der Waals surface area contributed by atoms with Gasteiger partial charge in [-0.3, -0.25) is 14.6 Å². The highest BCUT2D eigenvalue weighted by atomic mass is 32.2. The van der Waals surface area contributed by atoms with E-state index >= 15 is 0 Å². The van der Waals surface area contributed by atoms with E-state index in [1.807, 2.05) is 0 Å². The van der Waals surface area contributed by atoms with Gasteiger partial charge in [0.25, 0.3) is 5.56 Å². The number of thioether (sulfide) groups is 1. The number of aliphatic hydroxyl groups excluding tert-OH is 1. The van der Waals surface area contributed by atoms with Gasteiger partial charge in [-0.15, -0.1) is 0 Å². The Morgan fingerprint density at radius 1 is 1.50 bits per heavy atom. The van der Waals surface area contributed by atoms with E-state index in [4.69, 9.17) is 10.5 Å². The average molecular weight is 356 g/mol. The number of nitrogens with two attached hydrogens (primary N) is 1. The predicted octanol–water partition coefficient (Wildman–Crippen LogP) is -1.06. The molecule has 0 spiro atoms. The van der Waals surface area contributed by atoms with Crippen LogP contribution in [-0.2, 0) is 16.1 Å². The number of aromatic amines is 1. The lowest BCUT2D eigenvalue weighted by Crippen LogP contribution is -2.27. The number of nitrogen functional groups attached to an aromatic ring is 1. The smallest absolute Gasteiger partial charge is 0.280 e. The monoisotopic (exact) mass is 356 g/mol. The first-order valence-corrected chi connectivity index (χ1v) is 8.30. The summed E-state index contributed by atoms with van der Waals surface area (Å²) in [7, 11) is 1.57. The van der Waals surface area contributed by atoms with E-state index in [1.54, 1.807) is 11.7 Å². The number of nitrogens with zero attached hydrogens (tertiary/aromatic N) is 3. The lowest BCUT2D eigenvalue weighted by atomic mass is 10.4. The first kappa shape index (κ1) is 18.2. The second kappa shape index (κ2) is 8.66. The zero-order valence-corrected chi connectivity index (χ0v) is 14.1. The molecule has 0 bridgehead atoms. The molecule has 0 aromatic carbocycles. The van der Waals surface area contributed by atoms with Gasteiger partial charge in [-0.1, -0.05) is 11.8 Å². The highest BCUT2D eigenvalue weighted by Gasteiger charge is 2.16. The molecular formula is C13H20N6O4S. The van der Waals surface area contributed by atoms with Gasteiger partial charge in [0.2, 0.25) is 11.9 Å². The molecule has 5 N–H and O–H groups in total. The summed E-state index contributed by atoms with van der Waals surface area (Å²) in [5, 5.41) is 12.4. The summed E-state index contributed by atoms with van der Waals surface area (Å²) in [5.41, 5.74) is 5.59. The van der Waals surface area contributed by atoms with Crippen molar-refractivity contribution in [2.75, 3.05) is 38.4 Å². The van der Waals surface area contributed by atoms with Crippen molar-refractivity contribution in [3.63, 3.8) is 0 Å². The number of H-pyrrole nitrogens is 1. The van der Waals surface area contributed by atoms with Crippen LogP contribution in [0.3, 0.4) is 0 Å². The topological polar surface area (TPSA) is 148 Å². The van der Waals surface area contributed by atoms with Crippen molar-refractivity contribution in [2.45, 2.75) is 18.1 Å². The number of ether oxygens (including phenoxy) is 1. The SMILES string of the molecule is COCCNC(=O)CCSc1nc2c(=O)[nH]c(N)nc2n1CCO. The summed E-state index contributed by atoms with van der Waals surface area (Å²) >= 11 is 1.31. The minimum atomic E-state index is -0.437. The molecule has 0 aliphatic rings. The molecule has 0 atom stereocenters. The Bertz CT molecular complexity index is 759. The number of nitrogens with one attached hydrogen (secondary N) is 2. The Balaban J connectivity index is 2.08. The zero-order valence-electron chi connectivity index (χ0n) is 13.2. The fourth-order valence-corrected chi connectivity index (χ4v) is 2.99. The van der Waals surface area contributed by atoms with E-state index in [0.29, 0.717) is 36.1 Å². The van der Waals surface area contributed by atoms with E-state index < -0.39 is 5.56 Å². The van der Waals surface area contributed by atoms with Gasteiger partial charge in [0, 0.05) is 32.4 Å². The van der Waals surface area contributed by atoms with Gasteiger partial charge in [0.1, 0.15) is 0 Å². The summed E-state index contributed by atoms with van der Waals surface area (Å²) in [4.78, 5) is 34.3. The Hall–Kier alpha value is -2.11. The Morgan fingerprint density at radius 3 is 3.00 bits per heavy atom. The highest BCUT2D eigenvalue weighted by Crippen LogP contribution is 2.22. The van der Waals surface area contributed by atoms with Gasteiger partial charge < -0.3 is 25.5 Å². The molecule has 0 fully saturated rings. The standard InChI is InChI=1S/C13H20N6O4S/c1-23-6-3-15-8(21)2-7-24-13-16-9-10(19(13)4-5-20)17-12(14)18-11(9)22/h20H,2-7H2,1H3,(H,15,21)(H3,14,17,18,22). The minimum absolute atomic E-state index is 0.0133. The molecule has 2 heterocycles. The molecule has 2 rings (SSSR count). The molecule has 11 heteroatoms. The second-order valence-electron chi connectivity index (χ2n) is 4.83. The van der Waals surface area contributed by atoms with Gasteiger partial charge in [-0.2, -0.15) is 4.98 Å². The van der Waals surface area contributed by atoms with Crippen molar-refractivity contribution < 1.29 is 14.6 Å². The number of anilines is 1. The summed E-state index contributed by atoms with van der Waals surface area (Å²) in [5.74, 6) is 0.367. The average Bonchev–Trinajstić information content (AvgIpc) is 2.87. The molecule has 0 radical (unpaired) electrons. The van der Waals surface area contributed by atoms with E-state index in [1.165, 1.54) is 11.8 Å². The van der Waals surface area contributed by atoms with Crippen LogP contribution in [0.2, 0.25) is 0 Å². The number of hydrogen-bond acceptors (Lipinski definition) is 8. The number of carbonyl (C=O) groups excluding carboxylic acids is 1. The first-order valence-electron chi connectivity index (χ1n) is 7.32. The van der Waals surface area contributed by atoms with Gasteiger partial charge in [-0.25, -0.2) is 4.98 Å². The van der Waals surface area contributed by atoms with Crippen LogP contribution in [0.1, 0.15) is 6.42 Å². The maximum absolute atomic E-state index is 11.9. The Labute approximate surface area is 141 Å². The van der Waals surface area contributed by atoms with Crippen LogP contribution < -0.4 is 16.6 Å². The summed E-state index contributed by atoms with van der Waals surface area (Å²) < 4.78 is 6.48. The van der Waals surface area contributed by atoms with Crippen LogP contribution >= 0.6 is 11.8 Å². The third-order valence-electron chi connectivity index (χ3n) is 3.10. The molecule has 24 heavy (non-hydrogen) atoms. The number of rotatable bonds is 9. The van der Waals surface area contributed by atoms with Crippen LogP contribution in [0.25, 0.3) is 11.2 Å². The van der Waals surface area contributed by atoms with Crippen molar-refractivity contribution in [3.05, 3.63) is 10.4 Å². The van der Waals surface area contributed by atoms with Crippen LogP contribution in [-0.4, -0.2) is 63.2 Å². The fourth-order valence-electron chi connectivity index (χ4n) is 2.04. The van der Waals surface area contributed by atoms with Gasteiger partial charge >= 0.3 is 0 Å². The van der Waals surface area contributed by atoms with E-state index in [9.17, 15) is 14.7 Å². The quantitative estimate of drug-likeness (QED) is 0.328. The third-order valence-corrected chi connectivity index (χ3v) is 4.08. The zero-order chi connectivity index (χ0) is 17.5. The number of imidazole rings is 1. The number of aliphatic hydroxyl groups is 1. The van der Waals surface area contributed by atoms with Gasteiger partial charge in [0.05, 0.1) is 13.2 Å². The maximum atomic E-state index is 11.9. The molecule has 0 saturated heterocycles. The van der Waals surface area contributed by atoms with Crippen LogP contribution in [0, 0.1) is 0 Å². The van der Waals surface area contributed by atoms with Crippen molar-refractivity contribution in [3.8, 4) is 0 Å². The first-order chi connectivity index (χ1) is 11.6. The van der Waals surface area contributed by atoms with Gasteiger partial charge in [0.15, 0.2) is 16.3 Å². The van der Waals surface area contributed by atoms with E-state index in [0.717, 1.165) is 0 Å². The largest absolute Gasteiger partial charge is 0.395 e. The predicted molar refractivity (Wildman–Crippen MR) is 89.9 cm³/mol. The normalized spacial score (nSPS) is 11.1. The number of carbonyl (C=O) groups is 1. The maximum Gasteiger partial charge on any atom is 0.280 e. The minimum Gasteiger partial charge on any atom is -0.395 e. The molecule has 0 saturated carbocycles. The Kier molecular flexibility index (Phi) is 6.58.